The second kappa shape index (κ2) is 10.0. The molecular formula is C19H27N3O2S2. The molecule has 0 aliphatic carbocycles. The summed E-state index contributed by atoms with van der Waals surface area (Å²) in [6.07, 6.45) is 1.03. The SMILES string of the molecule is CCN(CC)CCCN1C(=O)C(CC(=O)Nc2cccc(C)c2)SC1=S. The largest absolute Gasteiger partial charge is 0.326 e. The average Bonchev–Trinajstić information content (AvgIpc) is 2.85. The van der Waals surface area contributed by atoms with Gasteiger partial charge in [-0.3, -0.25) is 14.5 Å². The molecule has 2 rings (SSSR count). The van der Waals surface area contributed by atoms with Crippen LogP contribution in [0.3, 0.4) is 0 Å². The third-order valence-electron chi connectivity index (χ3n) is 4.43. The van der Waals surface area contributed by atoms with E-state index in [1.807, 2.05) is 31.2 Å². The number of carbonyl (C=O) groups excluding carboxylic acids is 2. The molecule has 1 heterocycles. The smallest absolute Gasteiger partial charge is 0.242 e. The van der Waals surface area contributed by atoms with Crippen LogP contribution in [0.1, 0.15) is 32.3 Å². The lowest BCUT2D eigenvalue weighted by atomic mass is 10.2. The molecule has 0 bridgehead atoms. The van der Waals surface area contributed by atoms with Crippen LogP contribution in [0.4, 0.5) is 5.69 Å². The summed E-state index contributed by atoms with van der Waals surface area (Å²) in [6.45, 7) is 9.82. The van der Waals surface area contributed by atoms with Crippen LogP contribution in [-0.4, -0.2) is 57.4 Å². The quantitative estimate of drug-likeness (QED) is 0.653. The van der Waals surface area contributed by atoms with Gasteiger partial charge in [-0.2, -0.15) is 0 Å². The standard InChI is InChI=1S/C19H27N3O2S2/c1-4-21(5-2)10-7-11-22-18(24)16(26-19(22)25)13-17(23)20-15-9-6-8-14(3)12-15/h6,8-9,12,16H,4-5,7,10-11,13H2,1-3H3,(H,20,23). The van der Waals surface area contributed by atoms with E-state index in [9.17, 15) is 9.59 Å². The zero-order valence-corrected chi connectivity index (χ0v) is 17.3. The number of carbonyl (C=O) groups is 2. The van der Waals surface area contributed by atoms with Crippen molar-refractivity contribution in [3.63, 3.8) is 0 Å². The van der Waals surface area contributed by atoms with Gasteiger partial charge < -0.3 is 10.2 Å². The summed E-state index contributed by atoms with van der Waals surface area (Å²) in [5.74, 6) is -0.201. The van der Waals surface area contributed by atoms with Crippen LogP contribution in [0.5, 0.6) is 0 Å². The van der Waals surface area contributed by atoms with Gasteiger partial charge in [-0.25, -0.2) is 0 Å². The Morgan fingerprint density at radius 3 is 2.73 bits per heavy atom. The maximum Gasteiger partial charge on any atom is 0.242 e. The van der Waals surface area contributed by atoms with Gasteiger partial charge in [-0.1, -0.05) is 50.0 Å². The molecule has 1 aromatic carbocycles. The number of benzene rings is 1. The first-order valence-electron chi connectivity index (χ1n) is 9.05. The van der Waals surface area contributed by atoms with Crippen LogP contribution in [0.25, 0.3) is 0 Å². The Bertz CT molecular complexity index is 662. The van der Waals surface area contributed by atoms with E-state index < -0.39 is 5.25 Å². The predicted octanol–water partition coefficient (Wildman–Crippen LogP) is 3.28. The summed E-state index contributed by atoms with van der Waals surface area (Å²) in [7, 11) is 0. The molecule has 0 aromatic heterocycles. The number of aryl methyl sites for hydroxylation is 1. The monoisotopic (exact) mass is 393 g/mol. The molecule has 7 heteroatoms. The van der Waals surface area contributed by atoms with E-state index in [-0.39, 0.29) is 18.2 Å². The van der Waals surface area contributed by atoms with Gasteiger partial charge in [0.05, 0.1) is 5.25 Å². The van der Waals surface area contributed by atoms with Crippen molar-refractivity contribution in [2.45, 2.75) is 38.9 Å². The lowest BCUT2D eigenvalue weighted by molar-refractivity contribution is -0.128. The molecule has 0 radical (unpaired) electrons. The van der Waals surface area contributed by atoms with Gasteiger partial charge in [0, 0.05) is 18.7 Å². The molecule has 1 aromatic rings. The third kappa shape index (κ3) is 5.79. The molecule has 1 saturated heterocycles. The average molecular weight is 394 g/mol. The zero-order valence-electron chi connectivity index (χ0n) is 15.7. The van der Waals surface area contributed by atoms with Crippen molar-refractivity contribution < 1.29 is 9.59 Å². The van der Waals surface area contributed by atoms with Gasteiger partial charge in [-0.15, -0.1) is 0 Å². The Balaban J connectivity index is 1.84. The molecule has 1 fully saturated rings. The van der Waals surface area contributed by atoms with E-state index in [0.717, 1.165) is 37.3 Å². The van der Waals surface area contributed by atoms with E-state index in [4.69, 9.17) is 12.2 Å². The van der Waals surface area contributed by atoms with Crippen molar-refractivity contribution in [1.29, 1.82) is 0 Å². The van der Waals surface area contributed by atoms with Crippen molar-refractivity contribution in [3.8, 4) is 0 Å². The fourth-order valence-corrected chi connectivity index (χ4v) is 4.47. The first-order valence-corrected chi connectivity index (χ1v) is 10.3. The van der Waals surface area contributed by atoms with Gasteiger partial charge in [0.15, 0.2) is 0 Å². The number of rotatable bonds is 9. The summed E-state index contributed by atoms with van der Waals surface area (Å²) >= 11 is 6.68. The molecule has 2 amide bonds. The van der Waals surface area contributed by atoms with Crippen LogP contribution in [0.2, 0.25) is 0 Å². The highest BCUT2D eigenvalue weighted by molar-refractivity contribution is 8.24. The molecule has 0 spiro atoms. The number of hydrogen-bond donors (Lipinski definition) is 1. The molecular weight excluding hydrogens is 366 g/mol. The van der Waals surface area contributed by atoms with Gasteiger partial charge in [0.1, 0.15) is 4.32 Å². The highest BCUT2D eigenvalue weighted by Crippen LogP contribution is 2.30. The highest BCUT2D eigenvalue weighted by Gasteiger charge is 2.37. The summed E-state index contributed by atoms with van der Waals surface area (Å²) in [5, 5.41) is 2.44. The molecule has 5 nitrogen and oxygen atoms in total. The third-order valence-corrected chi connectivity index (χ3v) is 6.01. The number of hydrogen-bond acceptors (Lipinski definition) is 5. The molecule has 1 aliphatic rings. The number of thioether (sulfide) groups is 1. The molecule has 1 atom stereocenters. The van der Waals surface area contributed by atoms with Crippen LogP contribution < -0.4 is 5.32 Å². The Labute approximate surface area is 165 Å². The minimum absolute atomic E-state index is 0.0426. The van der Waals surface area contributed by atoms with Gasteiger partial charge >= 0.3 is 0 Å². The molecule has 1 N–H and O–H groups in total. The predicted molar refractivity (Wildman–Crippen MR) is 113 cm³/mol. The lowest BCUT2D eigenvalue weighted by Gasteiger charge is -2.20. The molecule has 1 aliphatic heterocycles. The Kier molecular flexibility index (Phi) is 8.06. The number of thiocarbonyl (C=S) groups is 1. The first-order chi connectivity index (χ1) is 12.4. The summed E-state index contributed by atoms with van der Waals surface area (Å²) in [5.41, 5.74) is 1.83. The Hall–Kier alpha value is -1.44. The number of anilines is 1. The lowest BCUT2D eigenvalue weighted by Crippen LogP contribution is -2.35. The minimum Gasteiger partial charge on any atom is -0.326 e. The molecule has 0 saturated carbocycles. The molecule has 26 heavy (non-hydrogen) atoms. The van der Waals surface area contributed by atoms with Gasteiger partial charge in [0.25, 0.3) is 0 Å². The van der Waals surface area contributed by atoms with Crippen molar-refractivity contribution in [3.05, 3.63) is 29.8 Å². The summed E-state index contributed by atoms with van der Waals surface area (Å²) in [4.78, 5) is 28.9. The minimum atomic E-state index is -0.416. The van der Waals surface area contributed by atoms with Crippen LogP contribution in [-0.2, 0) is 9.59 Å². The Morgan fingerprint density at radius 2 is 2.08 bits per heavy atom. The van der Waals surface area contributed by atoms with E-state index in [1.165, 1.54) is 11.8 Å². The fourth-order valence-electron chi connectivity index (χ4n) is 2.93. The van der Waals surface area contributed by atoms with E-state index >= 15 is 0 Å². The van der Waals surface area contributed by atoms with E-state index in [2.05, 4.69) is 24.1 Å². The number of amides is 2. The van der Waals surface area contributed by atoms with Crippen molar-refractivity contribution in [1.82, 2.24) is 9.80 Å². The van der Waals surface area contributed by atoms with Crippen molar-refractivity contribution >= 4 is 45.8 Å². The Morgan fingerprint density at radius 1 is 1.35 bits per heavy atom. The van der Waals surface area contributed by atoms with E-state index in [0.29, 0.717) is 10.9 Å². The van der Waals surface area contributed by atoms with Gasteiger partial charge in [-0.05, 0) is 50.7 Å². The highest BCUT2D eigenvalue weighted by atomic mass is 32.2. The number of nitrogens with zero attached hydrogens (tertiary/aromatic N) is 2. The summed E-state index contributed by atoms with van der Waals surface area (Å²) < 4.78 is 0.586. The second-order valence-electron chi connectivity index (χ2n) is 6.36. The van der Waals surface area contributed by atoms with Crippen LogP contribution in [0, 0.1) is 6.92 Å². The van der Waals surface area contributed by atoms with Crippen LogP contribution in [0.15, 0.2) is 24.3 Å². The normalized spacial score (nSPS) is 17.2. The maximum absolute atomic E-state index is 12.6. The van der Waals surface area contributed by atoms with Crippen molar-refractivity contribution in [2.24, 2.45) is 0 Å². The van der Waals surface area contributed by atoms with E-state index in [1.54, 1.807) is 4.90 Å². The molecule has 142 valence electrons. The summed E-state index contributed by atoms with van der Waals surface area (Å²) in [6, 6.07) is 7.62. The maximum atomic E-state index is 12.6. The van der Waals surface area contributed by atoms with Crippen molar-refractivity contribution in [2.75, 3.05) is 31.5 Å². The zero-order chi connectivity index (χ0) is 19.1. The number of nitrogens with one attached hydrogen (secondary N) is 1. The first kappa shape index (κ1) is 20.9. The van der Waals surface area contributed by atoms with Gasteiger partial charge in [0.2, 0.25) is 11.8 Å². The topological polar surface area (TPSA) is 52.7 Å². The van der Waals surface area contributed by atoms with Crippen LogP contribution >= 0.6 is 24.0 Å². The molecule has 1 unspecified atom stereocenters. The fraction of sp³-hybridized carbons (Fsp3) is 0.526. The second-order valence-corrected chi connectivity index (χ2v) is 8.20.